The molecule has 1 aliphatic carbocycles. The van der Waals surface area contributed by atoms with Gasteiger partial charge in [-0.2, -0.15) is 18.2 Å². The van der Waals surface area contributed by atoms with Crippen LogP contribution in [0.25, 0.3) is 0 Å². The minimum absolute atomic E-state index is 0.0461. The van der Waals surface area contributed by atoms with Crippen LogP contribution in [0.1, 0.15) is 63.1 Å². The molecule has 1 saturated carbocycles. The number of piperidine rings is 1. The summed E-state index contributed by atoms with van der Waals surface area (Å²) >= 11 is 5.46. The maximum atomic E-state index is 13.6. The van der Waals surface area contributed by atoms with Crippen molar-refractivity contribution in [2.24, 2.45) is 5.92 Å². The van der Waals surface area contributed by atoms with Gasteiger partial charge in [-0.25, -0.2) is 4.98 Å². The number of anilines is 2. The van der Waals surface area contributed by atoms with E-state index in [1.807, 2.05) is 23.1 Å². The van der Waals surface area contributed by atoms with Gasteiger partial charge in [0.2, 0.25) is 5.95 Å². The number of halogens is 3. The van der Waals surface area contributed by atoms with Crippen molar-refractivity contribution in [2.75, 3.05) is 29.9 Å². The second-order valence-corrected chi connectivity index (χ2v) is 10.0. The lowest BCUT2D eigenvalue weighted by atomic mass is 9.69. The largest absolute Gasteiger partial charge is 0.433 e. The van der Waals surface area contributed by atoms with Crippen molar-refractivity contribution in [3.05, 3.63) is 47.7 Å². The molecule has 0 unspecified atom stereocenters. The fraction of sp³-hybridized carbons (Fsp3) is 0.560. The Morgan fingerprint density at radius 3 is 2.41 bits per heavy atom. The normalized spacial score (nSPS) is 19.0. The summed E-state index contributed by atoms with van der Waals surface area (Å²) in [6.07, 6.45) is 2.88. The predicted molar refractivity (Wildman–Crippen MR) is 133 cm³/mol. The van der Waals surface area contributed by atoms with Crippen molar-refractivity contribution in [3.63, 3.8) is 0 Å². The second kappa shape index (κ2) is 10.5. The molecule has 4 rings (SSSR count). The van der Waals surface area contributed by atoms with Gasteiger partial charge < -0.3 is 15.5 Å². The molecule has 2 aromatic rings. The fourth-order valence-electron chi connectivity index (χ4n) is 5.02. The summed E-state index contributed by atoms with van der Waals surface area (Å²) in [4.78, 5) is 10.00. The molecular weight excluding hydrogens is 459 g/mol. The molecule has 0 radical (unpaired) electrons. The van der Waals surface area contributed by atoms with Gasteiger partial charge in [-0.3, -0.25) is 0 Å². The van der Waals surface area contributed by atoms with Crippen LogP contribution in [0, 0.1) is 5.92 Å². The zero-order chi connectivity index (χ0) is 24.2. The summed E-state index contributed by atoms with van der Waals surface area (Å²) in [6.45, 7) is 4.12. The maximum Gasteiger partial charge on any atom is 0.433 e. The van der Waals surface area contributed by atoms with Crippen molar-refractivity contribution in [1.29, 1.82) is 0 Å². The van der Waals surface area contributed by atoms with Crippen molar-refractivity contribution in [3.8, 4) is 0 Å². The Morgan fingerprint density at radius 1 is 1.09 bits per heavy atom. The van der Waals surface area contributed by atoms with Gasteiger partial charge >= 0.3 is 6.18 Å². The number of rotatable bonds is 5. The molecule has 0 bridgehead atoms. The molecule has 0 spiro atoms. The number of hydrogen-bond donors (Lipinski definition) is 2. The first-order valence-corrected chi connectivity index (χ1v) is 12.5. The van der Waals surface area contributed by atoms with Crippen molar-refractivity contribution >= 4 is 29.1 Å². The highest BCUT2D eigenvalue weighted by atomic mass is 32.1. The van der Waals surface area contributed by atoms with Gasteiger partial charge in [0.1, 0.15) is 5.82 Å². The van der Waals surface area contributed by atoms with Crippen LogP contribution in [0.5, 0.6) is 0 Å². The number of alkyl halides is 3. The Morgan fingerprint density at radius 2 is 1.76 bits per heavy atom. The van der Waals surface area contributed by atoms with Crippen LogP contribution < -0.4 is 15.5 Å². The van der Waals surface area contributed by atoms with E-state index in [0.29, 0.717) is 25.6 Å². The Labute approximate surface area is 204 Å². The average Bonchev–Trinajstić information content (AvgIpc) is 2.84. The fourth-order valence-corrected chi connectivity index (χ4v) is 5.18. The van der Waals surface area contributed by atoms with Gasteiger partial charge in [-0.1, -0.05) is 56.5 Å². The van der Waals surface area contributed by atoms with Gasteiger partial charge in [0.15, 0.2) is 10.8 Å². The lowest BCUT2D eigenvalue weighted by molar-refractivity contribution is -0.141. The van der Waals surface area contributed by atoms with Crippen molar-refractivity contribution in [1.82, 2.24) is 15.3 Å². The van der Waals surface area contributed by atoms with Gasteiger partial charge in [0.25, 0.3) is 0 Å². The minimum Gasteiger partial charge on any atom is -0.361 e. The van der Waals surface area contributed by atoms with Crippen molar-refractivity contribution < 1.29 is 13.2 Å². The Balaban J connectivity index is 1.49. The van der Waals surface area contributed by atoms with E-state index in [1.54, 1.807) is 0 Å². The number of nitrogens with one attached hydrogen (secondary N) is 2. The SMILES string of the molecule is CC1CCN(c2cc(C(F)(F)F)nc(NC(=S)NCC3(c4ccccc4)CCCCC3)n2)CC1. The van der Waals surface area contributed by atoms with E-state index in [4.69, 9.17) is 12.2 Å². The molecule has 1 aliphatic heterocycles. The predicted octanol–water partition coefficient (Wildman–Crippen LogP) is 5.92. The van der Waals surface area contributed by atoms with E-state index in [0.717, 1.165) is 44.6 Å². The first kappa shape index (κ1) is 24.7. The first-order chi connectivity index (χ1) is 16.2. The summed E-state index contributed by atoms with van der Waals surface area (Å²) in [7, 11) is 0. The molecule has 34 heavy (non-hydrogen) atoms. The summed E-state index contributed by atoms with van der Waals surface area (Å²) in [5.74, 6) is 0.720. The molecule has 2 fully saturated rings. The summed E-state index contributed by atoms with van der Waals surface area (Å²) < 4.78 is 40.7. The molecule has 5 nitrogen and oxygen atoms in total. The van der Waals surface area contributed by atoms with E-state index < -0.39 is 11.9 Å². The molecule has 1 aromatic carbocycles. The Kier molecular flexibility index (Phi) is 7.60. The van der Waals surface area contributed by atoms with Crippen LogP contribution in [0.4, 0.5) is 24.9 Å². The van der Waals surface area contributed by atoms with E-state index in [1.165, 1.54) is 12.0 Å². The summed E-state index contributed by atoms with van der Waals surface area (Å²) in [6, 6.07) is 11.4. The van der Waals surface area contributed by atoms with E-state index >= 15 is 0 Å². The lowest BCUT2D eigenvalue weighted by Crippen LogP contribution is -2.43. The standard InChI is InChI=1S/C25H32F3N5S/c1-18-10-14-33(15-11-18)21-16-20(25(26,27)28)30-22(31-21)32-23(34)29-17-24(12-6-3-7-13-24)19-8-4-2-5-9-19/h2,4-5,8-9,16,18H,3,6-7,10-15,17H2,1H3,(H2,29,30,31,32,34). The van der Waals surface area contributed by atoms with E-state index in [9.17, 15) is 13.2 Å². The molecule has 1 aromatic heterocycles. The second-order valence-electron chi connectivity index (χ2n) is 9.62. The number of benzene rings is 1. The highest BCUT2D eigenvalue weighted by Crippen LogP contribution is 2.39. The zero-order valence-corrected chi connectivity index (χ0v) is 20.3. The van der Waals surface area contributed by atoms with Gasteiger partial charge in [-0.05, 0) is 49.4 Å². The number of aromatic nitrogens is 2. The summed E-state index contributed by atoms with van der Waals surface area (Å²) in [5.41, 5.74) is 0.256. The zero-order valence-electron chi connectivity index (χ0n) is 19.5. The van der Waals surface area contributed by atoms with Crippen LogP contribution in [0.2, 0.25) is 0 Å². The minimum atomic E-state index is -4.56. The highest BCUT2D eigenvalue weighted by Gasteiger charge is 2.36. The molecular formula is C25H32F3N5S. The maximum absolute atomic E-state index is 13.6. The molecule has 0 atom stereocenters. The molecule has 0 amide bonds. The quantitative estimate of drug-likeness (QED) is 0.507. The third-order valence-corrected chi connectivity index (χ3v) is 7.37. The Bertz CT molecular complexity index is 968. The third kappa shape index (κ3) is 5.98. The van der Waals surface area contributed by atoms with E-state index in [2.05, 4.69) is 39.7 Å². The average molecular weight is 492 g/mol. The Hall–Kier alpha value is -2.42. The van der Waals surface area contributed by atoms with Gasteiger partial charge in [0, 0.05) is 31.1 Å². The van der Waals surface area contributed by atoms with Crippen LogP contribution >= 0.6 is 12.2 Å². The molecule has 2 heterocycles. The molecule has 184 valence electrons. The van der Waals surface area contributed by atoms with Crippen LogP contribution in [0.3, 0.4) is 0 Å². The topological polar surface area (TPSA) is 53.1 Å². The lowest BCUT2D eigenvalue weighted by Gasteiger charge is -2.38. The third-order valence-electron chi connectivity index (χ3n) is 7.12. The van der Waals surface area contributed by atoms with Gasteiger partial charge in [0.05, 0.1) is 0 Å². The molecule has 1 saturated heterocycles. The highest BCUT2D eigenvalue weighted by molar-refractivity contribution is 7.80. The van der Waals surface area contributed by atoms with Crippen LogP contribution in [-0.2, 0) is 11.6 Å². The van der Waals surface area contributed by atoms with Crippen LogP contribution in [-0.4, -0.2) is 34.7 Å². The number of thiocarbonyl (C=S) groups is 1. The summed E-state index contributed by atoms with van der Waals surface area (Å²) in [5, 5.41) is 6.31. The van der Waals surface area contributed by atoms with Crippen molar-refractivity contribution in [2.45, 2.75) is 63.5 Å². The first-order valence-electron chi connectivity index (χ1n) is 12.1. The molecule has 2 N–H and O–H groups in total. The monoisotopic (exact) mass is 491 g/mol. The van der Waals surface area contributed by atoms with E-state index in [-0.39, 0.29) is 22.3 Å². The van der Waals surface area contributed by atoms with Gasteiger partial charge in [-0.15, -0.1) is 0 Å². The molecule has 9 heteroatoms. The molecule has 2 aliphatic rings. The smallest absolute Gasteiger partial charge is 0.361 e. The van der Waals surface area contributed by atoms with Crippen LogP contribution in [0.15, 0.2) is 36.4 Å². The number of nitrogens with zero attached hydrogens (tertiary/aromatic N) is 3. The number of hydrogen-bond acceptors (Lipinski definition) is 4.